The number of benzene rings is 3. The Morgan fingerprint density at radius 2 is 1.88 bits per heavy atom. The third-order valence-corrected chi connectivity index (χ3v) is 7.91. The van der Waals surface area contributed by atoms with Gasteiger partial charge >= 0.3 is 5.91 Å². The number of carbonyl (C=O) groups is 2. The zero-order valence-corrected chi connectivity index (χ0v) is 23.5. The lowest BCUT2D eigenvalue weighted by Crippen LogP contribution is -2.29. The Balaban J connectivity index is 1.44. The van der Waals surface area contributed by atoms with E-state index in [9.17, 15) is 14.7 Å². The summed E-state index contributed by atoms with van der Waals surface area (Å²) in [6, 6.07) is 19.2. The Labute approximate surface area is 240 Å². The third-order valence-electron chi connectivity index (χ3n) is 7.08. The molecule has 1 aromatic heterocycles. The van der Waals surface area contributed by atoms with E-state index < -0.39 is 17.7 Å². The average molecular weight is 570 g/mol. The molecule has 0 aliphatic carbocycles. The number of rotatable bonds is 7. The molecule has 6 rings (SSSR count). The molecule has 1 fully saturated rings. The maximum absolute atomic E-state index is 13.5. The molecule has 9 nitrogen and oxygen atoms in total. The van der Waals surface area contributed by atoms with Crippen molar-refractivity contribution in [2.75, 3.05) is 12.0 Å². The van der Waals surface area contributed by atoms with Gasteiger partial charge in [-0.3, -0.25) is 14.5 Å². The van der Waals surface area contributed by atoms with E-state index in [2.05, 4.69) is 10.2 Å². The summed E-state index contributed by atoms with van der Waals surface area (Å²) < 4.78 is 17.5. The number of aromatic nitrogens is 2. The van der Waals surface area contributed by atoms with Crippen LogP contribution in [0.3, 0.4) is 0 Å². The van der Waals surface area contributed by atoms with Crippen molar-refractivity contribution in [3.8, 4) is 17.2 Å². The van der Waals surface area contributed by atoms with Gasteiger partial charge in [-0.15, -0.1) is 10.2 Å². The number of aryl methyl sites for hydroxylation is 1. The van der Waals surface area contributed by atoms with Crippen LogP contribution in [0.15, 0.2) is 72.3 Å². The SMILES string of the molecule is COc1cc(C2/C(=C(\O)c3ccc4c(c3)CC(C)O4)C(=O)C(=O)N2c2nnc(C)s2)ccc1OCc1ccccc1. The number of methoxy groups -OCH3 is 1. The zero-order chi connectivity index (χ0) is 28.7. The van der Waals surface area contributed by atoms with E-state index >= 15 is 0 Å². The number of ketones is 1. The second-order valence-corrected chi connectivity index (χ2v) is 11.1. The van der Waals surface area contributed by atoms with Crippen molar-refractivity contribution in [1.82, 2.24) is 10.2 Å². The molecule has 3 aromatic carbocycles. The van der Waals surface area contributed by atoms with Crippen LogP contribution < -0.4 is 19.1 Å². The number of amides is 1. The predicted molar refractivity (Wildman–Crippen MR) is 153 cm³/mol. The third kappa shape index (κ3) is 4.91. The number of anilines is 1. The molecule has 41 heavy (non-hydrogen) atoms. The van der Waals surface area contributed by atoms with Gasteiger partial charge in [0.1, 0.15) is 29.2 Å². The molecule has 0 saturated carbocycles. The van der Waals surface area contributed by atoms with Crippen molar-refractivity contribution < 1.29 is 28.9 Å². The Morgan fingerprint density at radius 3 is 2.61 bits per heavy atom. The van der Waals surface area contributed by atoms with Gasteiger partial charge in [0.25, 0.3) is 5.78 Å². The maximum Gasteiger partial charge on any atom is 0.301 e. The Kier molecular flexibility index (Phi) is 6.92. The Hall–Kier alpha value is -4.70. The second-order valence-electron chi connectivity index (χ2n) is 9.91. The minimum absolute atomic E-state index is 0.0173. The summed E-state index contributed by atoms with van der Waals surface area (Å²) in [5.41, 5.74) is 2.84. The Morgan fingerprint density at radius 1 is 1.07 bits per heavy atom. The van der Waals surface area contributed by atoms with Crippen molar-refractivity contribution >= 4 is 33.9 Å². The van der Waals surface area contributed by atoms with Crippen molar-refractivity contribution in [3.05, 3.63) is 99.6 Å². The van der Waals surface area contributed by atoms with Gasteiger partial charge in [-0.05, 0) is 60.9 Å². The largest absolute Gasteiger partial charge is 0.507 e. The first-order valence-corrected chi connectivity index (χ1v) is 13.9. The van der Waals surface area contributed by atoms with Gasteiger partial charge in [-0.25, -0.2) is 0 Å². The summed E-state index contributed by atoms with van der Waals surface area (Å²) in [5.74, 6) is -0.227. The highest BCUT2D eigenvalue weighted by molar-refractivity contribution is 7.15. The van der Waals surface area contributed by atoms with Gasteiger partial charge in [0, 0.05) is 12.0 Å². The van der Waals surface area contributed by atoms with Crippen molar-refractivity contribution in [2.45, 2.75) is 39.0 Å². The Bertz CT molecular complexity index is 1680. The van der Waals surface area contributed by atoms with Gasteiger partial charge < -0.3 is 19.3 Å². The molecule has 0 bridgehead atoms. The quantitative estimate of drug-likeness (QED) is 0.179. The topological polar surface area (TPSA) is 111 Å². The van der Waals surface area contributed by atoms with Gasteiger partial charge in [-0.2, -0.15) is 0 Å². The van der Waals surface area contributed by atoms with Crippen molar-refractivity contribution in [3.63, 3.8) is 0 Å². The van der Waals surface area contributed by atoms with Crippen LogP contribution >= 0.6 is 11.3 Å². The second kappa shape index (κ2) is 10.7. The highest BCUT2D eigenvalue weighted by Crippen LogP contribution is 2.45. The van der Waals surface area contributed by atoms with E-state index in [1.165, 1.54) is 23.3 Å². The molecule has 1 amide bonds. The minimum Gasteiger partial charge on any atom is -0.507 e. The molecule has 4 aromatic rings. The standard InChI is InChI=1S/C31H27N3O6S/c1-17-13-22-14-21(10-11-23(22)40-17)28(35)26-27(34(30(37)29(26)36)31-33-32-18(2)41-31)20-9-12-24(25(15-20)38-3)39-16-19-7-5-4-6-8-19/h4-12,14-15,17,27,35H,13,16H2,1-3H3/b28-26+. The van der Waals surface area contributed by atoms with Crippen LogP contribution in [0, 0.1) is 6.92 Å². The summed E-state index contributed by atoms with van der Waals surface area (Å²) in [5, 5.41) is 20.6. The monoisotopic (exact) mass is 569 g/mol. The molecule has 2 aliphatic rings. The van der Waals surface area contributed by atoms with Crippen molar-refractivity contribution in [1.29, 1.82) is 0 Å². The highest BCUT2D eigenvalue weighted by atomic mass is 32.1. The first-order chi connectivity index (χ1) is 19.8. The normalized spacial score (nSPS) is 19.2. The molecule has 10 heteroatoms. The number of hydrogen-bond acceptors (Lipinski definition) is 9. The van der Waals surface area contributed by atoms with Crippen LogP contribution in [0.5, 0.6) is 17.2 Å². The van der Waals surface area contributed by atoms with Crippen LogP contribution in [0.2, 0.25) is 0 Å². The maximum atomic E-state index is 13.5. The van der Waals surface area contributed by atoms with E-state index in [4.69, 9.17) is 14.2 Å². The van der Waals surface area contributed by atoms with E-state index in [-0.39, 0.29) is 22.6 Å². The lowest BCUT2D eigenvalue weighted by atomic mass is 9.94. The smallest absolute Gasteiger partial charge is 0.301 e. The van der Waals surface area contributed by atoms with Gasteiger partial charge in [-0.1, -0.05) is 47.7 Å². The molecule has 0 spiro atoms. The van der Waals surface area contributed by atoms with E-state index in [0.29, 0.717) is 40.7 Å². The van der Waals surface area contributed by atoms with Crippen LogP contribution in [-0.2, 0) is 22.6 Å². The van der Waals surface area contributed by atoms with Gasteiger partial charge in [0.15, 0.2) is 11.5 Å². The number of aliphatic hydroxyl groups excluding tert-OH is 1. The molecule has 2 atom stereocenters. The number of ether oxygens (including phenoxy) is 3. The first-order valence-electron chi connectivity index (χ1n) is 13.1. The molecular weight excluding hydrogens is 542 g/mol. The molecule has 208 valence electrons. The minimum atomic E-state index is -0.970. The summed E-state index contributed by atoms with van der Waals surface area (Å²) in [6.07, 6.45) is 0.698. The number of carbonyl (C=O) groups excluding carboxylic acids is 2. The number of hydrogen-bond donors (Lipinski definition) is 1. The van der Waals surface area contributed by atoms with Crippen LogP contribution in [-0.4, -0.2) is 40.2 Å². The molecule has 2 aliphatic heterocycles. The number of aliphatic hydroxyl groups is 1. The molecule has 3 heterocycles. The lowest BCUT2D eigenvalue weighted by molar-refractivity contribution is -0.132. The fourth-order valence-corrected chi connectivity index (χ4v) is 5.88. The fraction of sp³-hybridized carbons (Fsp3) is 0.226. The van der Waals surface area contributed by atoms with Crippen LogP contribution in [0.25, 0.3) is 5.76 Å². The number of nitrogens with zero attached hydrogens (tertiary/aromatic N) is 3. The fourth-order valence-electron chi connectivity index (χ4n) is 5.16. The first kappa shape index (κ1) is 26.5. The molecule has 1 saturated heterocycles. The molecule has 1 N–H and O–H groups in total. The summed E-state index contributed by atoms with van der Waals surface area (Å²) in [6.45, 7) is 4.07. The van der Waals surface area contributed by atoms with Crippen LogP contribution in [0.4, 0.5) is 5.13 Å². The number of Topliss-reactive ketones (excluding diaryl/α,β-unsaturated/α-hetero) is 1. The van der Waals surface area contributed by atoms with Crippen LogP contribution in [0.1, 0.15) is 40.2 Å². The van der Waals surface area contributed by atoms with Gasteiger partial charge in [0.2, 0.25) is 5.13 Å². The molecule has 0 radical (unpaired) electrons. The summed E-state index contributed by atoms with van der Waals surface area (Å²) in [4.78, 5) is 28.3. The van der Waals surface area contributed by atoms with E-state index in [0.717, 1.165) is 16.9 Å². The zero-order valence-electron chi connectivity index (χ0n) is 22.7. The highest BCUT2D eigenvalue weighted by Gasteiger charge is 2.48. The summed E-state index contributed by atoms with van der Waals surface area (Å²) in [7, 11) is 1.52. The predicted octanol–water partition coefficient (Wildman–Crippen LogP) is 5.38. The average Bonchev–Trinajstić information content (AvgIpc) is 3.65. The van der Waals surface area contributed by atoms with Crippen molar-refractivity contribution in [2.24, 2.45) is 0 Å². The summed E-state index contributed by atoms with van der Waals surface area (Å²) >= 11 is 1.19. The van der Waals surface area contributed by atoms with Gasteiger partial charge in [0.05, 0.1) is 18.7 Å². The van der Waals surface area contributed by atoms with E-state index in [1.807, 2.05) is 37.3 Å². The lowest BCUT2D eigenvalue weighted by Gasteiger charge is -2.23. The molecular formula is C31H27N3O6S. The van der Waals surface area contributed by atoms with E-state index in [1.54, 1.807) is 43.3 Å². The molecule has 2 unspecified atom stereocenters. The number of fused-ring (bicyclic) bond motifs is 1.